The molecule has 0 amide bonds. The van der Waals surface area contributed by atoms with Crippen molar-refractivity contribution >= 4 is 17.5 Å². The van der Waals surface area contributed by atoms with E-state index in [4.69, 9.17) is 5.73 Å². The number of aliphatic imine (C=N–C) groups is 1. The summed E-state index contributed by atoms with van der Waals surface area (Å²) < 4.78 is 38.9. The summed E-state index contributed by atoms with van der Waals surface area (Å²) >= 11 is 0. The highest BCUT2D eigenvalue weighted by Gasteiger charge is 2.10. The van der Waals surface area contributed by atoms with Crippen LogP contribution in [-0.4, -0.2) is 19.3 Å². The van der Waals surface area contributed by atoms with Gasteiger partial charge in [-0.2, -0.15) is 8.78 Å². The molecule has 1 aromatic carbocycles. The van der Waals surface area contributed by atoms with Crippen molar-refractivity contribution in [3.8, 4) is 0 Å². The summed E-state index contributed by atoms with van der Waals surface area (Å²) in [5.41, 5.74) is 8.43. The van der Waals surface area contributed by atoms with E-state index in [1.807, 2.05) is 13.0 Å². The predicted octanol–water partition coefficient (Wildman–Crippen LogP) is 4.91. The molecule has 0 saturated heterocycles. The molecular formula is C19H22F3N3. The van der Waals surface area contributed by atoms with Gasteiger partial charge in [0.15, 0.2) is 0 Å². The number of nitrogens with zero attached hydrogens (tertiary/aromatic N) is 1. The van der Waals surface area contributed by atoms with Crippen LogP contribution in [0.2, 0.25) is 0 Å². The summed E-state index contributed by atoms with van der Waals surface area (Å²) in [6.07, 6.45) is 4.36. The molecule has 3 N–H and O–H groups in total. The number of alkyl halides is 2. The van der Waals surface area contributed by atoms with E-state index in [0.717, 1.165) is 17.4 Å². The van der Waals surface area contributed by atoms with Gasteiger partial charge in [-0.1, -0.05) is 30.9 Å². The maximum atomic E-state index is 14.4. The van der Waals surface area contributed by atoms with Gasteiger partial charge in [-0.05, 0) is 37.6 Å². The molecule has 1 aromatic rings. The normalized spacial score (nSPS) is 13.1. The van der Waals surface area contributed by atoms with Gasteiger partial charge in [0.05, 0.1) is 0 Å². The van der Waals surface area contributed by atoms with Gasteiger partial charge < -0.3 is 11.1 Å². The van der Waals surface area contributed by atoms with E-state index < -0.39 is 12.4 Å². The Kier molecular flexibility index (Phi) is 7.72. The molecule has 0 unspecified atom stereocenters. The molecule has 0 aliphatic carbocycles. The predicted molar refractivity (Wildman–Crippen MR) is 99.3 cm³/mol. The minimum atomic E-state index is -2.88. The number of benzene rings is 1. The standard InChI is InChI=1S/C19H22F3N3/c1-5-6-14(12(2)3)10-24-15-7-8-16(18(20)9-15)17(13(4)23)11-25-19(21)22/h5-9,11,19,24H,1-2,10,23H2,3-4H3/b14-6-,17-13+,25-11+. The molecule has 0 saturated carbocycles. The van der Waals surface area contributed by atoms with Crippen molar-refractivity contribution in [3.63, 3.8) is 0 Å². The summed E-state index contributed by atoms with van der Waals surface area (Å²) in [6, 6.07) is 4.39. The molecule has 0 aliphatic heterocycles. The van der Waals surface area contributed by atoms with Gasteiger partial charge in [0.25, 0.3) is 0 Å². The Bertz CT molecular complexity index is 727. The van der Waals surface area contributed by atoms with E-state index in [1.54, 1.807) is 12.1 Å². The number of anilines is 1. The first-order valence-electron chi connectivity index (χ1n) is 7.55. The summed E-state index contributed by atoms with van der Waals surface area (Å²) in [4.78, 5) is 2.98. The lowest BCUT2D eigenvalue weighted by atomic mass is 10.0. The van der Waals surface area contributed by atoms with Gasteiger partial charge in [0.2, 0.25) is 0 Å². The van der Waals surface area contributed by atoms with Crippen LogP contribution in [0.5, 0.6) is 0 Å². The van der Waals surface area contributed by atoms with E-state index in [-0.39, 0.29) is 16.8 Å². The molecule has 1 rings (SSSR count). The fraction of sp³-hybridized carbons (Fsp3) is 0.211. The Morgan fingerprint density at radius 2 is 2.04 bits per heavy atom. The quantitative estimate of drug-likeness (QED) is 0.398. The van der Waals surface area contributed by atoms with E-state index in [1.165, 1.54) is 19.1 Å². The average molecular weight is 349 g/mol. The van der Waals surface area contributed by atoms with Crippen molar-refractivity contribution in [2.45, 2.75) is 20.4 Å². The largest absolute Gasteiger partial charge is 0.402 e. The summed E-state index contributed by atoms with van der Waals surface area (Å²) in [6.45, 7) is 8.44. The lowest BCUT2D eigenvalue weighted by Gasteiger charge is -2.12. The number of halogens is 3. The second-order valence-electron chi connectivity index (χ2n) is 5.41. The van der Waals surface area contributed by atoms with Crippen LogP contribution >= 0.6 is 0 Å². The summed E-state index contributed by atoms with van der Waals surface area (Å²) in [5.74, 6) is -0.588. The van der Waals surface area contributed by atoms with Crippen LogP contribution in [0.25, 0.3) is 5.57 Å². The first kappa shape index (κ1) is 20.3. The fourth-order valence-electron chi connectivity index (χ4n) is 2.05. The summed E-state index contributed by atoms with van der Waals surface area (Å²) in [5, 5.41) is 3.08. The van der Waals surface area contributed by atoms with Crippen molar-refractivity contribution in [1.29, 1.82) is 0 Å². The van der Waals surface area contributed by atoms with Gasteiger partial charge in [-0.15, -0.1) is 0 Å². The third-order valence-corrected chi connectivity index (χ3v) is 3.35. The first-order valence-corrected chi connectivity index (χ1v) is 7.55. The molecule has 0 radical (unpaired) electrons. The number of nitrogens with one attached hydrogen (secondary N) is 1. The molecule has 0 spiro atoms. The van der Waals surface area contributed by atoms with Crippen molar-refractivity contribution < 1.29 is 13.2 Å². The van der Waals surface area contributed by atoms with Gasteiger partial charge in [0.1, 0.15) is 5.82 Å². The molecule has 6 heteroatoms. The second kappa shape index (κ2) is 9.52. The Balaban J connectivity index is 3.04. The van der Waals surface area contributed by atoms with Crippen LogP contribution < -0.4 is 11.1 Å². The zero-order valence-corrected chi connectivity index (χ0v) is 14.3. The lowest BCUT2D eigenvalue weighted by Crippen LogP contribution is -2.07. The highest BCUT2D eigenvalue weighted by Crippen LogP contribution is 2.23. The van der Waals surface area contributed by atoms with E-state index in [2.05, 4.69) is 23.5 Å². The average Bonchev–Trinajstić information content (AvgIpc) is 2.52. The van der Waals surface area contributed by atoms with Gasteiger partial charge in [0, 0.05) is 35.3 Å². The highest BCUT2D eigenvalue weighted by molar-refractivity contribution is 6.10. The van der Waals surface area contributed by atoms with Crippen molar-refractivity contribution in [3.05, 3.63) is 71.7 Å². The first-order chi connectivity index (χ1) is 11.8. The molecule has 0 bridgehead atoms. The smallest absolute Gasteiger partial charge is 0.331 e. The SMILES string of the molecule is C=C/C=C(/CNc1ccc(C(/C=N/C(F)F)=C(\C)N)c(F)c1)C(=C)C. The number of allylic oxidation sites excluding steroid dienone is 4. The van der Waals surface area contributed by atoms with Crippen LogP contribution in [0, 0.1) is 5.82 Å². The Morgan fingerprint density at radius 1 is 1.36 bits per heavy atom. The molecule has 0 fully saturated rings. The zero-order valence-electron chi connectivity index (χ0n) is 14.3. The van der Waals surface area contributed by atoms with Crippen LogP contribution in [0.15, 0.2) is 65.3 Å². The van der Waals surface area contributed by atoms with Crippen molar-refractivity contribution in [2.24, 2.45) is 10.7 Å². The number of nitrogens with two attached hydrogens (primary N) is 1. The van der Waals surface area contributed by atoms with Crippen molar-refractivity contribution in [2.75, 3.05) is 11.9 Å². The molecular weight excluding hydrogens is 327 g/mol. The minimum absolute atomic E-state index is 0.108. The third-order valence-electron chi connectivity index (χ3n) is 3.35. The Labute approximate surface area is 146 Å². The second-order valence-corrected chi connectivity index (χ2v) is 5.41. The van der Waals surface area contributed by atoms with Crippen LogP contribution in [0.1, 0.15) is 19.4 Å². The third kappa shape index (κ3) is 6.33. The maximum Gasteiger partial charge on any atom is 0.331 e. The number of rotatable bonds is 8. The number of hydrogen-bond acceptors (Lipinski definition) is 3. The molecule has 0 heterocycles. The molecule has 0 aliphatic rings. The van der Waals surface area contributed by atoms with Gasteiger partial charge >= 0.3 is 6.55 Å². The molecule has 3 nitrogen and oxygen atoms in total. The zero-order chi connectivity index (χ0) is 19.0. The monoisotopic (exact) mass is 349 g/mol. The fourth-order valence-corrected chi connectivity index (χ4v) is 2.05. The van der Waals surface area contributed by atoms with Gasteiger partial charge in [-0.3, -0.25) is 0 Å². The summed E-state index contributed by atoms with van der Waals surface area (Å²) in [7, 11) is 0. The van der Waals surface area contributed by atoms with Crippen LogP contribution in [0.4, 0.5) is 18.9 Å². The number of hydrogen-bond donors (Lipinski definition) is 2. The Morgan fingerprint density at radius 3 is 2.52 bits per heavy atom. The maximum absolute atomic E-state index is 14.4. The van der Waals surface area contributed by atoms with Crippen LogP contribution in [0.3, 0.4) is 0 Å². The molecule has 134 valence electrons. The molecule has 25 heavy (non-hydrogen) atoms. The van der Waals surface area contributed by atoms with E-state index in [9.17, 15) is 13.2 Å². The topological polar surface area (TPSA) is 50.4 Å². The van der Waals surface area contributed by atoms with Crippen molar-refractivity contribution in [1.82, 2.24) is 0 Å². The molecule has 0 aromatic heterocycles. The van der Waals surface area contributed by atoms with Gasteiger partial charge in [-0.25, -0.2) is 9.38 Å². The Hall–Kier alpha value is -2.76. The lowest BCUT2D eigenvalue weighted by molar-refractivity contribution is 0.161. The van der Waals surface area contributed by atoms with Crippen LogP contribution in [-0.2, 0) is 0 Å². The minimum Gasteiger partial charge on any atom is -0.402 e. The van der Waals surface area contributed by atoms with E-state index >= 15 is 0 Å². The molecule has 0 atom stereocenters. The highest BCUT2D eigenvalue weighted by atomic mass is 19.3. The van der Waals surface area contributed by atoms with E-state index in [0.29, 0.717) is 12.2 Å².